The van der Waals surface area contributed by atoms with E-state index in [9.17, 15) is 8.42 Å². The van der Waals surface area contributed by atoms with E-state index in [1.807, 2.05) is 24.3 Å². The zero-order valence-electron chi connectivity index (χ0n) is 11.7. The highest BCUT2D eigenvalue weighted by Gasteiger charge is 2.15. The normalized spacial score (nSPS) is 11.5. The number of methoxy groups -OCH3 is 1. The number of sulfonamides is 1. The molecule has 0 bridgehead atoms. The predicted molar refractivity (Wildman–Crippen MR) is 78.6 cm³/mol. The van der Waals surface area contributed by atoms with Gasteiger partial charge in [-0.3, -0.25) is 0 Å². The number of hydrogen-bond acceptors (Lipinski definition) is 4. The predicted octanol–water partition coefficient (Wildman–Crippen LogP) is 1.04. The molecule has 0 amide bonds. The molecule has 21 heavy (non-hydrogen) atoms. The first kappa shape index (κ1) is 15.6. The van der Waals surface area contributed by atoms with Crippen molar-refractivity contribution in [1.82, 2.24) is 9.71 Å². The number of H-pyrrole nitrogens is 1. The third-order valence-corrected chi connectivity index (χ3v) is 4.52. The first-order chi connectivity index (χ1) is 10.1. The Morgan fingerprint density at radius 2 is 2.10 bits per heavy atom. The van der Waals surface area contributed by atoms with Crippen LogP contribution < -0.4 is 9.46 Å². The largest absolute Gasteiger partial charge is 0.496 e. The van der Waals surface area contributed by atoms with Crippen LogP contribution in [-0.2, 0) is 23.1 Å². The molecule has 0 saturated heterocycles. The number of benzene rings is 1. The average molecular weight is 310 g/mol. The highest BCUT2D eigenvalue weighted by atomic mass is 32.2. The topological polar surface area (TPSA) is 91.4 Å². The first-order valence-corrected chi connectivity index (χ1v) is 7.95. The van der Waals surface area contributed by atoms with Crippen LogP contribution in [0.4, 0.5) is 0 Å². The van der Waals surface area contributed by atoms with Gasteiger partial charge in [-0.25, -0.2) is 13.1 Å². The van der Waals surface area contributed by atoms with Gasteiger partial charge in [-0.1, -0.05) is 18.2 Å². The number of hydrogen-bond donors (Lipinski definition) is 3. The van der Waals surface area contributed by atoms with E-state index in [1.54, 1.807) is 7.11 Å². The molecule has 7 heteroatoms. The van der Waals surface area contributed by atoms with Crippen molar-refractivity contribution < 1.29 is 18.3 Å². The molecule has 0 unspecified atom stereocenters. The molecule has 0 aliphatic rings. The van der Waals surface area contributed by atoms with E-state index in [2.05, 4.69) is 9.71 Å². The molecule has 0 atom stereocenters. The Labute approximate surface area is 123 Å². The molecular formula is C14H18N2O4S. The molecule has 1 aromatic carbocycles. The summed E-state index contributed by atoms with van der Waals surface area (Å²) in [6, 6.07) is 8.89. The fourth-order valence-electron chi connectivity index (χ4n) is 1.98. The van der Waals surface area contributed by atoms with Gasteiger partial charge in [0.05, 0.1) is 18.6 Å². The van der Waals surface area contributed by atoms with E-state index in [1.165, 1.54) is 12.3 Å². The summed E-state index contributed by atoms with van der Waals surface area (Å²) >= 11 is 0. The lowest BCUT2D eigenvalue weighted by Crippen LogP contribution is -2.25. The fourth-order valence-corrected chi connectivity index (χ4v) is 3.03. The minimum absolute atomic E-state index is 0.117. The van der Waals surface area contributed by atoms with E-state index >= 15 is 0 Å². The summed E-state index contributed by atoms with van der Waals surface area (Å²) in [4.78, 5) is 2.82. The monoisotopic (exact) mass is 310 g/mol. The van der Waals surface area contributed by atoms with Crippen molar-refractivity contribution in [2.24, 2.45) is 0 Å². The third kappa shape index (κ3) is 3.84. The standard InChI is InChI=1S/C14H18N2O4S/c1-20-14-5-3-2-4-11(14)6-7-16-21(18,19)13-8-12(10-17)15-9-13/h2-5,8-9,15-17H,6-7,10H2,1H3. The summed E-state index contributed by atoms with van der Waals surface area (Å²) in [5.41, 5.74) is 1.40. The first-order valence-electron chi connectivity index (χ1n) is 6.46. The molecule has 3 N–H and O–H groups in total. The zero-order chi connectivity index (χ0) is 15.3. The summed E-state index contributed by atoms with van der Waals surface area (Å²) in [7, 11) is -1.99. The molecule has 114 valence electrons. The van der Waals surface area contributed by atoms with Crippen molar-refractivity contribution in [3.05, 3.63) is 47.8 Å². The number of ether oxygens (including phenoxy) is 1. The van der Waals surface area contributed by atoms with Crippen LogP contribution in [0.25, 0.3) is 0 Å². The molecule has 0 aliphatic carbocycles. The van der Waals surface area contributed by atoms with E-state index in [4.69, 9.17) is 9.84 Å². The summed E-state index contributed by atoms with van der Waals surface area (Å²) in [6.07, 6.45) is 1.89. The number of para-hydroxylation sites is 1. The van der Waals surface area contributed by atoms with Crippen LogP contribution >= 0.6 is 0 Å². The van der Waals surface area contributed by atoms with Crippen LogP contribution in [0.2, 0.25) is 0 Å². The van der Waals surface area contributed by atoms with Gasteiger partial charge in [0.15, 0.2) is 0 Å². The lowest BCUT2D eigenvalue weighted by molar-refractivity contribution is 0.277. The number of nitrogens with one attached hydrogen (secondary N) is 2. The fraction of sp³-hybridized carbons (Fsp3) is 0.286. The van der Waals surface area contributed by atoms with Crippen molar-refractivity contribution in [2.45, 2.75) is 17.9 Å². The summed E-state index contributed by atoms with van der Waals surface area (Å²) in [5, 5.41) is 8.94. The number of aliphatic hydroxyl groups is 1. The second-order valence-corrected chi connectivity index (χ2v) is 6.25. The second-order valence-electron chi connectivity index (χ2n) is 4.48. The van der Waals surface area contributed by atoms with Gasteiger partial charge in [-0.05, 0) is 24.1 Å². The molecule has 2 rings (SSSR count). The van der Waals surface area contributed by atoms with Crippen molar-refractivity contribution >= 4 is 10.0 Å². The highest BCUT2D eigenvalue weighted by Crippen LogP contribution is 2.17. The number of rotatable bonds is 7. The van der Waals surface area contributed by atoms with E-state index < -0.39 is 10.0 Å². The molecule has 0 saturated carbocycles. The van der Waals surface area contributed by atoms with E-state index in [-0.39, 0.29) is 18.0 Å². The number of aromatic nitrogens is 1. The maximum Gasteiger partial charge on any atom is 0.242 e. The maximum absolute atomic E-state index is 12.1. The third-order valence-electron chi connectivity index (χ3n) is 3.08. The lowest BCUT2D eigenvalue weighted by Gasteiger charge is -2.09. The van der Waals surface area contributed by atoms with Crippen LogP contribution in [-0.4, -0.2) is 32.2 Å². The molecule has 1 aromatic heterocycles. The molecule has 2 aromatic rings. The SMILES string of the molecule is COc1ccccc1CCNS(=O)(=O)c1c[nH]c(CO)c1. The van der Waals surface area contributed by atoms with Crippen molar-refractivity contribution in [3.8, 4) is 5.75 Å². The van der Waals surface area contributed by atoms with Crippen LogP contribution in [0.3, 0.4) is 0 Å². The van der Waals surface area contributed by atoms with Gasteiger partial charge in [0.25, 0.3) is 0 Å². The van der Waals surface area contributed by atoms with Crippen molar-refractivity contribution in [1.29, 1.82) is 0 Å². The second kappa shape index (κ2) is 6.75. The Hall–Kier alpha value is -1.83. The summed E-state index contributed by atoms with van der Waals surface area (Å²) in [6.45, 7) is 0.0408. The maximum atomic E-state index is 12.1. The van der Waals surface area contributed by atoms with Gasteiger partial charge < -0.3 is 14.8 Å². The summed E-state index contributed by atoms with van der Waals surface area (Å²) in [5.74, 6) is 0.737. The van der Waals surface area contributed by atoms with Crippen molar-refractivity contribution in [2.75, 3.05) is 13.7 Å². The van der Waals surface area contributed by atoms with Gasteiger partial charge in [-0.15, -0.1) is 0 Å². The molecule has 1 heterocycles. The van der Waals surface area contributed by atoms with Gasteiger partial charge in [-0.2, -0.15) is 0 Å². The van der Waals surface area contributed by atoms with Crippen LogP contribution in [0.5, 0.6) is 5.75 Å². The molecule has 0 radical (unpaired) electrons. The minimum atomic E-state index is -3.57. The molecule has 0 aliphatic heterocycles. The Bertz CT molecular complexity index is 695. The quantitative estimate of drug-likeness (QED) is 0.712. The smallest absolute Gasteiger partial charge is 0.242 e. The van der Waals surface area contributed by atoms with Gasteiger partial charge >= 0.3 is 0 Å². The Kier molecular flexibility index (Phi) is 5.00. The number of aliphatic hydroxyl groups excluding tert-OH is 1. The number of aromatic amines is 1. The summed E-state index contributed by atoms with van der Waals surface area (Å²) < 4.78 is 31.9. The Balaban J connectivity index is 1.99. The Morgan fingerprint density at radius 3 is 2.76 bits per heavy atom. The van der Waals surface area contributed by atoms with Crippen LogP contribution in [0, 0.1) is 0 Å². The molecular weight excluding hydrogens is 292 g/mol. The minimum Gasteiger partial charge on any atom is -0.496 e. The van der Waals surface area contributed by atoms with Crippen LogP contribution in [0.1, 0.15) is 11.3 Å². The zero-order valence-corrected chi connectivity index (χ0v) is 12.5. The average Bonchev–Trinajstić information content (AvgIpc) is 2.97. The van der Waals surface area contributed by atoms with E-state index in [0.717, 1.165) is 11.3 Å². The highest BCUT2D eigenvalue weighted by molar-refractivity contribution is 7.89. The molecule has 0 fully saturated rings. The van der Waals surface area contributed by atoms with E-state index in [0.29, 0.717) is 12.1 Å². The van der Waals surface area contributed by atoms with Gasteiger partial charge in [0, 0.05) is 18.4 Å². The lowest BCUT2D eigenvalue weighted by atomic mass is 10.1. The van der Waals surface area contributed by atoms with Crippen molar-refractivity contribution in [3.63, 3.8) is 0 Å². The molecule has 0 spiro atoms. The van der Waals surface area contributed by atoms with Gasteiger partial charge in [0.1, 0.15) is 5.75 Å². The Morgan fingerprint density at radius 1 is 1.33 bits per heavy atom. The van der Waals surface area contributed by atoms with Gasteiger partial charge in [0.2, 0.25) is 10.0 Å². The van der Waals surface area contributed by atoms with Crippen LogP contribution in [0.15, 0.2) is 41.4 Å². The molecule has 6 nitrogen and oxygen atoms in total.